The summed E-state index contributed by atoms with van der Waals surface area (Å²) < 4.78 is 0. The van der Waals surface area contributed by atoms with Gasteiger partial charge in [0, 0.05) is 6.54 Å². The quantitative estimate of drug-likeness (QED) is 0.844. The molecule has 0 bridgehead atoms. The fraction of sp³-hybridized carbons (Fsp3) is 0.611. The lowest BCUT2D eigenvalue weighted by molar-refractivity contribution is -0.126. The summed E-state index contributed by atoms with van der Waals surface area (Å²) in [6, 6.07) is 10.5. The van der Waals surface area contributed by atoms with Gasteiger partial charge in [-0.3, -0.25) is 4.79 Å². The molecule has 0 aromatic heterocycles. The van der Waals surface area contributed by atoms with Gasteiger partial charge in [-0.1, -0.05) is 63.9 Å². The number of carbonyl (C=O) groups is 1. The first-order valence-electron chi connectivity index (χ1n) is 8.23. The molecule has 2 rings (SSSR count). The first-order chi connectivity index (χ1) is 10.2. The van der Waals surface area contributed by atoms with Gasteiger partial charge >= 0.3 is 0 Å². The van der Waals surface area contributed by atoms with Crippen molar-refractivity contribution in [1.82, 2.24) is 10.6 Å². The molecule has 0 aliphatic carbocycles. The van der Waals surface area contributed by atoms with Crippen LogP contribution in [-0.2, 0) is 4.79 Å². The minimum atomic E-state index is 0.102. The molecule has 1 saturated heterocycles. The van der Waals surface area contributed by atoms with E-state index in [1.54, 1.807) is 0 Å². The number of hydrogen-bond acceptors (Lipinski definition) is 2. The zero-order valence-electron chi connectivity index (χ0n) is 13.4. The zero-order chi connectivity index (χ0) is 15.2. The molecule has 1 heterocycles. The fourth-order valence-corrected chi connectivity index (χ4v) is 3.32. The molecule has 1 fully saturated rings. The Hall–Kier alpha value is -1.35. The van der Waals surface area contributed by atoms with E-state index >= 15 is 0 Å². The van der Waals surface area contributed by atoms with Crippen LogP contribution in [0.1, 0.15) is 45.2 Å². The number of hydrogen-bond donors (Lipinski definition) is 2. The topological polar surface area (TPSA) is 41.1 Å². The Morgan fingerprint density at radius 2 is 1.90 bits per heavy atom. The molecule has 1 aromatic carbocycles. The fourth-order valence-electron chi connectivity index (χ4n) is 3.32. The molecule has 0 saturated carbocycles. The van der Waals surface area contributed by atoms with Crippen molar-refractivity contribution in [3.8, 4) is 0 Å². The minimum absolute atomic E-state index is 0.102. The smallest absolute Gasteiger partial charge is 0.225 e. The molecule has 1 amide bonds. The standard InChI is InChI=1S/C18H28N2O/c1-4-14(5-2)17(15-9-7-6-8-10-15)20-18(21)16-12-19-11-13(16)3/h6-10,13-14,16-17,19H,4-5,11-12H2,1-3H3,(H,20,21). The molecule has 1 aromatic rings. The molecule has 116 valence electrons. The third kappa shape index (κ3) is 3.85. The van der Waals surface area contributed by atoms with Crippen molar-refractivity contribution < 1.29 is 4.79 Å². The van der Waals surface area contributed by atoms with Gasteiger partial charge in [0.05, 0.1) is 12.0 Å². The van der Waals surface area contributed by atoms with E-state index in [-0.39, 0.29) is 17.9 Å². The maximum atomic E-state index is 12.6. The Labute approximate surface area is 128 Å². The largest absolute Gasteiger partial charge is 0.349 e. The molecule has 2 N–H and O–H groups in total. The molecule has 1 aliphatic heterocycles. The van der Waals surface area contributed by atoms with Crippen molar-refractivity contribution in [1.29, 1.82) is 0 Å². The number of nitrogens with one attached hydrogen (secondary N) is 2. The Balaban J connectivity index is 2.14. The summed E-state index contributed by atoms with van der Waals surface area (Å²) >= 11 is 0. The number of rotatable bonds is 6. The summed E-state index contributed by atoms with van der Waals surface area (Å²) in [5.74, 6) is 1.21. The van der Waals surface area contributed by atoms with Crippen LogP contribution in [0.25, 0.3) is 0 Å². The molecule has 3 heteroatoms. The number of benzene rings is 1. The van der Waals surface area contributed by atoms with Crippen molar-refractivity contribution in [2.24, 2.45) is 17.8 Å². The second-order valence-electron chi connectivity index (χ2n) is 6.22. The van der Waals surface area contributed by atoms with Crippen LogP contribution in [0.5, 0.6) is 0 Å². The molecular weight excluding hydrogens is 260 g/mol. The summed E-state index contributed by atoms with van der Waals surface area (Å²) in [5.41, 5.74) is 1.22. The first-order valence-corrected chi connectivity index (χ1v) is 8.23. The predicted octanol–water partition coefficient (Wildman–Crippen LogP) is 3.14. The maximum absolute atomic E-state index is 12.6. The number of carbonyl (C=O) groups excluding carboxylic acids is 1. The van der Waals surface area contributed by atoms with Crippen molar-refractivity contribution in [3.05, 3.63) is 35.9 Å². The van der Waals surface area contributed by atoms with E-state index in [4.69, 9.17) is 0 Å². The zero-order valence-corrected chi connectivity index (χ0v) is 13.4. The van der Waals surface area contributed by atoms with Crippen LogP contribution in [0, 0.1) is 17.8 Å². The van der Waals surface area contributed by atoms with Crippen LogP contribution in [-0.4, -0.2) is 19.0 Å². The average Bonchev–Trinajstić information content (AvgIpc) is 2.94. The van der Waals surface area contributed by atoms with E-state index in [0.717, 1.165) is 25.9 Å². The lowest BCUT2D eigenvalue weighted by Gasteiger charge is -2.28. The van der Waals surface area contributed by atoms with E-state index in [0.29, 0.717) is 11.8 Å². The van der Waals surface area contributed by atoms with E-state index < -0.39 is 0 Å². The van der Waals surface area contributed by atoms with Crippen LogP contribution in [0.3, 0.4) is 0 Å². The molecule has 1 aliphatic rings. The van der Waals surface area contributed by atoms with Gasteiger partial charge in [-0.15, -0.1) is 0 Å². The molecule has 3 atom stereocenters. The normalized spacial score (nSPS) is 23.2. The summed E-state index contributed by atoms with van der Waals surface area (Å²) in [6.07, 6.45) is 2.16. The van der Waals surface area contributed by atoms with Gasteiger partial charge in [-0.2, -0.15) is 0 Å². The maximum Gasteiger partial charge on any atom is 0.225 e. The second-order valence-corrected chi connectivity index (χ2v) is 6.22. The van der Waals surface area contributed by atoms with Crippen molar-refractivity contribution in [2.75, 3.05) is 13.1 Å². The highest BCUT2D eigenvalue weighted by Gasteiger charge is 2.32. The Kier molecular flexibility index (Phi) is 5.80. The van der Waals surface area contributed by atoms with Crippen LogP contribution in [0.4, 0.5) is 0 Å². The molecular formula is C18H28N2O. The SMILES string of the molecule is CCC(CC)C(NC(=O)C1CNCC1C)c1ccccc1. The summed E-state index contributed by atoms with van der Waals surface area (Å²) in [6.45, 7) is 8.31. The van der Waals surface area contributed by atoms with E-state index in [1.807, 2.05) is 6.07 Å². The summed E-state index contributed by atoms with van der Waals surface area (Å²) in [5, 5.41) is 6.64. The highest BCUT2D eigenvalue weighted by Crippen LogP contribution is 2.28. The summed E-state index contributed by atoms with van der Waals surface area (Å²) in [7, 11) is 0. The number of amides is 1. The predicted molar refractivity (Wildman–Crippen MR) is 86.9 cm³/mol. The molecule has 0 radical (unpaired) electrons. The molecule has 3 unspecified atom stereocenters. The third-order valence-corrected chi connectivity index (χ3v) is 4.83. The van der Waals surface area contributed by atoms with E-state index in [9.17, 15) is 4.79 Å². The molecule has 21 heavy (non-hydrogen) atoms. The highest BCUT2D eigenvalue weighted by atomic mass is 16.2. The Morgan fingerprint density at radius 1 is 1.24 bits per heavy atom. The van der Waals surface area contributed by atoms with Crippen molar-refractivity contribution in [2.45, 2.75) is 39.7 Å². The first kappa shape index (κ1) is 16.0. The van der Waals surface area contributed by atoms with Crippen LogP contribution >= 0.6 is 0 Å². The summed E-state index contributed by atoms with van der Waals surface area (Å²) in [4.78, 5) is 12.6. The van der Waals surface area contributed by atoms with E-state index in [1.165, 1.54) is 5.56 Å². The Bertz CT molecular complexity index is 442. The lowest BCUT2D eigenvalue weighted by atomic mass is 9.87. The van der Waals surface area contributed by atoms with Crippen molar-refractivity contribution >= 4 is 5.91 Å². The van der Waals surface area contributed by atoms with Gasteiger partial charge in [0.25, 0.3) is 0 Å². The Morgan fingerprint density at radius 3 is 2.43 bits per heavy atom. The van der Waals surface area contributed by atoms with E-state index in [2.05, 4.69) is 55.7 Å². The third-order valence-electron chi connectivity index (χ3n) is 4.83. The molecule has 3 nitrogen and oxygen atoms in total. The van der Waals surface area contributed by atoms with Crippen LogP contribution in [0.2, 0.25) is 0 Å². The van der Waals surface area contributed by atoms with Crippen LogP contribution < -0.4 is 10.6 Å². The average molecular weight is 288 g/mol. The van der Waals surface area contributed by atoms with Gasteiger partial charge in [-0.05, 0) is 23.9 Å². The lowest BCUT2D eigenvalue weighted by Crippen LogP contribution is -2.39. The van der Waals surface area contributed by atoms with Crippen molar-refractivity contribution in [3.63, 3.8) is 0 Å². The highest BCUT2D eigenvalue weighted by molar-refractivity contribution is 5.80. The van der Waals surface area contributed by atoms with Gasteiger partial charge < -0.3 is 10.6 Å². The van der Waals surface area contributed by atoms with Gasteiger partial charge in [0.1, 0.15) is 0 Å². The molecule has 0 spiro atoms. The van der Waals surface area contributed by atoms with Gasteiger partial charge in [0.2, 0.25) is 5.91 Å². The monoisotopic (exact) mass is 288 g/mol. The van der Waals surface area contributed by atoms with Gasteiger partial charge in [-0.25, -0.2) is 0 Å². The van der Waals surface area contributed by atoms with Gasteiger partial charge in [0.15, 0.2) is 0 Å². The second kappa shape index (κ2) is 7.60. The minimum Gasteiger partial charge on any atom is -0.349 e. The van der Waals surface area contributed by atoms with Crippen LogP contribution in [0.15, 0.2) is 30.3 Å².